The number of unbranched alkanes of at least 4 members (excludes halogenated alkanes) is 2. The Kier molecular flexibility index (Phi) is 16.4. The summed E-state index contributed by atoms with van der Waals surface area (Å²) in [6, 6.07) is 19.7. The molecular weight excluding hydrogens is 748 g/mol. The normalized spacial score (nSPS) is 11.1. The number of ketones is 2. The predicted molar refractivity (Wildman–Crippen MR) is 218 cm³/mol. The molecule has 0 saturated carbocycles. The van der Waals surface area contributed by atoms with E-state index < -0.39 is 18.2 Å². The summed E-state index contributed by atoms with van der Waals surface area (Å²) in [5, 5.41) is 7.95. The molecule has 1 atom stereocenters. The van der Waals surface area contributed by atoms with E-state index >= 15 is 0 Å². The molecule has 0 aliphatic heterocycles. The van der Waals surface area contributed by atoms with E-state index in [1.807, 2.05) is 31.2 Å². The van der Waals surface area contributed by atoms with Gasteiger partial charge in [-0.3, -0.25) is 25.0 Å². The van der Waals surface area contributed by atoms with Crippen LogP contribution in [-0.4, -0.2) is 63.1 Å². The highest BCUT2D eigenvalue weighted by atomic mass is 16.6. The van der Waals surface area contributed by atoms with Gasteiger partial charge in [-0.15, -0.1) is 0 Å². The molecule has 0 aliphatic rings. The van der Waals surface area contributed by atoms with Crippen LogP contribution < -0.4 is 40.6 Å². The largest absolute Gasteiger partial charge is 0.493 e. The fourth-order valence-electron chi connectivity index (χ4n) is 5.41. The molecule has 15 heteroatoms. The van der Waals surface area contributed by atoms with Crippen LogP contribution in [0.25, 0.3) is 0 Å². The molecule has 0 aliphatic carbocycles. The zero-order valence-corrected chi connectivity index (χ0v) is 33.5. The van der Waals surface area contributed by atoms with Gasteiger partial charge in [0.05, 0.1) is 44.8 Å². The van der Waals surface area contributed by atoms with Crippen LogP contribution in [0.15, 0.2) is 72.8 Å². The minimum absolute atomic E-state index is 0.0610. The van der Waals surface area contributed by atoms with Gasteiger partial charge in [0.15, 0.2) is 34.6 Å². The van der Waals surface area contributed by atoms with Gasteiger partial charge in [0.25, 0.3) is 0 Å². The molecule has 4 rings (SSSR count). The third-order valence-electron chi connectivity index (χ3n) is 8.64. The minimum Gasteiger partial charge on any atom is -0.493 e. The molecule has 308 valence electrons. The third kappa shape index (κ3) is 13.3. The van der Waals surface area contributed by atoms with Crippen LogP contribution in [-0.2, 0) is 27.5 Å². The number of rotatable bonds is 20. The van der Waals surface area contributed by atoms with Crippen LogP contribution in [0.2, 0.25) is 0 Å². The number of carbonyl (C=O) groups excluding carboxylic acids is 5. The summed E-state index contributed by atoms with van der Waals surface area (Å²) in [7, 11) is 2.91. The highest BCUT2D eigenvalue weighted by molar-refractivity contribution is 6.04. The lowest BCUT2D eigenvalue weighted by Crippen LogP contribution is -2.32. The standard InChI is InChI=1S/C43H50N4O11/c1-26-10-12-30(13-11-26)24-57-42(51)46-35-22-39(37(53-5)20-33(35)28(3)48)55-18-8-7-9-19-56-40-23-36(34(29(4)49)21-38(40)54-6)47-43(52)58-25-31-14-16-32(17-15-31)45-41(50)27(2)44/h10-17,20-23,27H,7-9,18-19,24-25,44H2,1-6H3,(H,45,50)(H,46,51)(H,47,52). The van der Waals surface area contributed by atoms with E-state index in [-0.39, 0.29) is 59.8 Å². The van der Waals surface area contributed by atoms with Gasteiger partial charge in [-0.2, -0.15) is 0 Å². The number of anilines is 3. The maximum absolute atomic E-state index is 12.8. The highest BCUT2D eigenvalue weighted by Crippen LogP contribution is 2.36. The maximum Gasteiger partial charge on any atom is 0.411 e. The van der Waals surface area contributed by atoms with Crippen molar-refractivity contribution < 1.29 is 52.4 Å². The number of nitrogens with one attached hydrogen (secondary N) is 3. The number of amides is 3. The average molecular weight is 799 g/mol. The smallest absolute Gasteiger partial charge is 0.411 e. The van der Waals surface area contributed by atoms with E-state index in [9.17, 15) is 24.0 Å². The SMILES string of the molecule is COc1cc(C(C)=O)c(NC(=O)OCc2ccc(C)cc2)cc1OCCCCCOc1cc(NC(=O)OCc2ccc(NC(=O)C(C)N)cc2)c(C(C)=O)cc1OC. The second kappa shape index (κ2) is 21.6. The van der Waals surface area contributed by atoms with Crippen molar-refractivity contribution in [3.63, 3.8) is 0 Å². The van der Waals surface area contributed by atoms with Crippen LogP contribution in [0.3, 0.4) is 0 Å². The first-order valence-corrected chi connectivity index (χ1v) is 18.6. The van der Waals surface area contributed by atoms with Gasteiger partial charge >= 0.3 is 12.2 Å². The van der Waals surface area contributed by atoms with Crippen molar-refractivity contribution in [1.29, 1.82) is 0 Å². The van der Waals surface area contributed by atoms with Crippen molar-refractivity contribution in [2.45, 2.75) is 66.2 Å². The zero-order valence-electron chi connectivity index (χ0n) is 33.5. The number of hydrogen-bond donors (Lipinski definition) is 4. The first-order valence-electron chi connectivity index (χ1n) is 18.6. The maximum atomic E-state index is 12.8. The van der Waals surface area contributed by atoms with Crippen LogP contribution in [0.1, 0.15) is 77.4 Å². The Morgan fingerprint density at radius 3 is 1.43 bits per heavy atom. The van der Waals surface area contributed by atoms with Crippen molar-refractivity contribution in [3.05, 3.63) is 101 Å². The van der Waals surface area contributed by atoms with Crippen molar-refractivity contribution in [3.8, 4) is 23.0 Å². The first-order chi connectivity index (χ1) is 27.8. The quantitative estimate of drug-likeness (QED) is 0.0499. The first kappa shape index (κ1) is 44.1. The fraction of sp³-hybridized carbons (Fsp3) is 0.326. The minimum atomic E-state index is -0.790. The summed E-state index contributed by atoms with van der Waals surface area (Å²) in [5.74, 6) is 0.393. The second-order valence-electron chi connectivity index (χ2n) is 13.3. The molecule has 3 amide bonds. The summed E-state index contributed by atoms with van der Waals surface area (Å²) in [6.07, 6.45) is 0.446. The molecule has 0 saturated heterocycles. The summed E-state index contributed by atoms with van der Waals surface area (Å²) < 4.78 is 33.7. The van der Waals surface area contributed by atoms with Gasteiger partial charge in [0.1, 0.15) is 13.2 Å². The number of methoxy groups -OCH3 is 2. The Labute approximate surface area is 337 Å². The Bertz CT molecular complexity index is 2070. The number of ether oxygens (including phenoxy) is 6. The number of hydrogen-bond acceptors (Lipinski definition) is 12. The topological polar surface area (TPSA) is 203 Å². The van der Waals surface area contributed by atoms with Gasteiger partial charge in [-0.25, -0.2) is 9.59 Å². The number of Topliss-reactive ketones (excluding diaryl/α,β-unsaturated/α-hetero) is 2. The van der Waals surface area contributed by atoms with Crippen molar-refractivity contribution in [1.82, 2.24) is 0 Å². The van der Waals surface area contributed by atoms with Crippen molar-refractivity contribution >= 4 is 46.7 Å². The van der Waals surface area contributed by atoms with Crippen molar-refractivity contribution in [2.24, 2.45) is 5.73 Å². The molecule has 5 N–H and O–H groups in total. The van der Waals surface area contributed by atoms with Crippen LogP contribution in [0.5, 0.6) is 23.0 Å². The Hall–Kier alpha value is -6.61. The second-order valence-corrected chi connectivity index (χ2v) is 13.3. The fourth-order valence-corrected chi connectivity index (χ4v) is 5.41. The van der Waals surface area contributed by atoms with Crippen LogP contribution >= 0.6 is 0 Å². The summed E-state index contributed by atoms with van der Waals surface area (Å²) >= 11 is 0. The summed E-state index contributed by atoms with van der Waals surface area (Å²) in [5.41, 5.74) is 9.59. The van der Waals surface area contributed by atoms with Crippen LogP contribution in [0.4, 0.5) is 26.7 Å². The Balaban J connectivity index is 1.28. The molecule has 1 unspecified atom stereocenters. The highest BCUT2D eigenvalue weighted by Gasteiger charge is 2.19. The van der Waals surface area contributed by atoms with E-state index in [4.69, 9.17) is 34.2 Å². The number of benzene rings is 4. The Morgan fingerprint density at radius 1 is 0.603 bits per heavy atom. The van der Waals surface area contributed by atoms with Crippen LogP contribution in [0, 0.1) is 6.92 Å². The molecule has 0 aromatic heterocycles. The molecule has 0 radical (unpaired) electrons. The summed E-state index contributed by atoms with van der Waals surface area (Å²) in [6.45, 7) is 6.88. The molecule has 15 nitrogen and oxygen atoms in total. The molecule has 58 heavy (non-hydrogen) atoms. The number of nitrogens with two attached hydrogens (primary N) is 1. The summed E-state index contributed by atoms with van der Waals surface area (Å²) in [4.78, 5) is 62.1. The molecule has 0 bridgehead atoms. The van der Waals surface area contributed by atoms with Gasteiger partial charge in [-0.1, -0.05) is 42.0 Å². The van der Waals surface area contributed by atoms with Gasteiger partial charge < -0.3 is 39.5 Å². The lowest BCUT2D eigenvalue weighted by molar-refractivity contribution is -0.117. The van der Waals surface area contributed by atoms with Gasteiger partial charge in [0.2, 0.25) is 5.91 Å². The van der Waals surface area contributed by atoms with Gasteiger partial charge in [0, 0.05) is 28.9 Å². The van der Waals surface area contributed by atoms with E-state index in [0.29, 0.717) is 60.1 Å². The molecule has 4 aromatic carbocycles. The number of aryl methyl sites for hydroxylation is 1. The zero-order chi connectivity index (χ0) is 42.2. The molecule has 0 spiro atoms. The number of carbonyl (C=O) groups is 5. The monoisotopic (exact) mass is 798 g/mol. The van der Waals surface area contributed by atoms with E-state index in [1.165, 1.54) is 52.3 Å². The van der Waals surface area contributed by atoms with Crippen molar-refractivity contribution in [2.75, 3.05) is 43.4 Å². The van der Waals surface area contributed by atoms with Gasteiger partial charge in [-0.05, 0) is 82.3 Å². The average Bonchev–Trinajstić information content (AvgIpc) is 3.19. The molecule has 4 aromatic rings. The lowest BCUT2D eigenvalue weighted by atomic mass is 10.1. The van der Waals surface area contributed by atoms with E-state index in [1.54, 1.807) is 31.2 Å². The van der Waals surface area contributed by atoms with E-state index in [2.05, 4.69) is 16.0 Å². The predicted octanol–water partition coefficient (Wildman–Crippen LogP) is 7.83. The van der Waals surface area contributed by atoms with E-state index in [0.717, 1.165) is 11.1 Å². The third-order valence-corrected chi connectivity index (χ3v) is 8.64. The molecule has 0 heterocycles. The Morgan fingerprint density at radius 2 is 1.03 bits per heavy atom. The molecule has 0 fully saturated rings. The lowest BCUT2D eigenvalue weighted by Gasteiger charge is -2.17. The molecular formula is C43H50N4O11.